The summed E-state index contributed by atoms with van der Waals surface area (Å²) in [6.45, 7) is 2.45. The van der Waals surface area contributed by atoms with Gasteiger partial charge in [-0.2, -0.15) is 0 Å². The number of carbonyl (C=O) groups is 1. The zero-order chi connectivity index (χ0) is 13.5. The number of hydrogen-bond acceptors (Lipinski definition) is 4. The molecule has 0 saturated carbocycles. The van der Waals surface area contributed by atoms with Gasteiger partial charge in [-0.15, -0.1) is 0 Å². The van der Waals surface area contributed by atoms with Crippen molar-refractivity contribution in [2.45, 2.75) is 32.2 Å². The highest BCUT2D eigenvalue weighted by Gasteiger charge is 2.21. The first kappa shape index (κ1) is 13.6. The molecule has 1 aliphatic rings. The van der Waals surface area contributed by atoms with E-state index in [1.165, 1.54) is 6.92 Å². The molecule has 1 aromatic rings. The number of carbonyl (C=O) groups excluding carboxylic acids is 1. The van der Waals surface area contributed by atoms with Crippen molar-refractivity contribution in [2.75, 3.05) is 6.61 Å². The lowest BCUT2D eigenvalue weighted by Crippen LogP contribution is -2.29. The molecule has 0 saturated heterocycles. The van der Waals surface area contributed by atoms with Gasteiger partial charge in [0, 0.05) is 13.3 Å². The van der Waals surface area contributed by atoms with E-state index in [9.17, 15) is 4.79 Å². The number of benzene rings is 1. The summed E-state index contributed by atoms with van der Waals surface area (Å²) < 4.78 is 16.2. The molecule has 2 rings (SSSR count). The van der Waals surface area contributed by atoms with Crippen molar-refractivity contribution < 1.29 is 19.0 Å². The molecule has 0 aliphatic carbocycles. The van der Waals surface area contributed by atoms with Crippen LogP contribution in [-0.4, -0.2) is 24.8 Å². The summed E-state index contributed by atoms with van der Waals surface area (Å²) >= 11 is 0. The van der Waals surface area contributed by atoms with Crippen molar-refractivity contribution in [1.82, 2.24) is 0 Å². The molecule has 0 fully saturated rings. The molecule has 4 heteroatoms. The van der Waals surface area contributed by atoms with Gasteiger partial charge < -0.3 is 14.2 Å². The van der Waals surface area contributed by atoms with E-state index in [0.717, 1.165) is 5.56 Å². The minimum absolute atomic E-state index is 0.0712. The molecule has 0 N–H and O–H groups in total. The maximum atomic E-state index is 10.9. The quantitative estimate of drug-likeness (QED) is 0.764. The number of esters is 1. The van der Waals surface area contributed by atoms with Crippen molar-refractivity contribution in [3.8, 4) is 0 Å². The average molecular weight is 262 g/mol. The summed E-state index contributed by atoms with van der Waals surface area (Å²) in [4.78, 5) is 10.9. The Balaban J connectivity index is 1.72. The molecule has 0 amide bonds. The highest BCUT2D eigenvalue weighted by atomic mass is 16.6. The van der Waals surface area contributed by atoms with Crippen LogP contribution in [0.2, 0.25) is 0 Å². The van der Waals surface area contributed by atoms with E-state index in [0.29, 0.717) is 19.6 Å². The van der Waals surface area contributed by atoms with Gasteiger partial charge in [0.05, 0.1) is 19.5 Å². The summed E-state index contributed by atoms with van der Waals surface area (Å²) in [6.07, 6.45) is 3.67. The molecule has 102 valence electrons. The van der Waals surface area contributed by atoms with Crippen molar-refractivity contribution >= 4 is 5.97 Å². The van der Waals surface area contributed by atoms with Gasteiger partial charge in [-0.05, 0) is 11.6 Å². The highest BCUT2D eigenvalue weighted by molar-refractivity contribution is 5.66. The summed E-state index contributed by atoms with van der Waals surface area (Å²) in [5, 5.41) is 0. The predicted molar refractivity (Wildman–Crippen MR) is 70.3 cm³/mol. The van der Waals surface area contributed by atoms with Crippen LogP contribution in [0.25, 0.3) is 0 Å². The van der Waals surface area contributed by atoms with E-state index in [1.807, 2.05) is 30.3 Å². The van der Waals surface area contributed by atoms with Crippen LogP contribution in [-0.2, 0) is 25.6 Å². The van der Waals surface area contributed by atoms with E-state index in [2.05, 4.69) is 0 Å². The molecule has 0 unspecified atom stereocenters. The Kier molecular flexibility index (Phi) is 4.98. The summed E-state index contributed by atoms with van der Waals surface area (Å²) in [7, 11) is 0. The van der Waals surface area contributed by atoms with Gasteiger partial charge in [0.25, 0.3) is 0 Å². The van der Waals surface area contributed by atoms with Gasteiger partial charge in [0.1, 0.15) is 12.2 Å². The standard InChI is InChI=1S/C15H18O4/c1-12(16)19-14-7-8-18-15(9-14)11-17-10-13-5-3-2-4-6-13/h2-8,14-15H,9-11H2,1H3/t14-,15+/m1/s1. The minimum atomic E-state index is -0.277. The molecule has 0 aromatic heterocycles. The van der Waals surface area contributed by atoms with Gasteiger partial charge in [-0.25, -0.2) is 0 Å². The van der Waals surface area contributed by atoms with E-state index in [4.69, 9.17) is 14.2 Å². The Morgan fingerprint density at radius 3 is 2.89 bits per heavy atom. The highest BCUT2D eigenvalue weighted by Crippen LogP contribution is 2.15. The number of ether oxygens (including phenoxy) is 3. The van der Waals surface area contributed by atoms with Crippen LogP contribution in [0, 0.1) is 0 Å². The Labute approximate surface area is 113 Å². The number of hydrogen-bond donors (Lipinski definition) is 0. The third kappa shape index (κ3) is 4.75. The second-order valence-corrected chi connectivity index (χ2v) is 4.47. The fraction of sp³-hybridized carbons (Fsp3) is 0.400. The molecule has 2 atom stereocenters. The fourth-order valence-electron chi connectivity index (χ4n) is 1.93. The topological polar surface area (TPSA) is 44.8 Å². The Bertz CT molecular complexity index is 427. The Hall–Kier alpha value is -1.81. The van der Waals surface area contributed by atoms with Crippen LogP contribution in [0.5, 0.6) is 0 Å². The maximum Gasteiger partial charge on any atom is 0.303 e. The Morgan fingerprint density at radius 1 is 1.37 bits per heavy atom. The third-order valence-corrected chi connectivity index (χ3v) is 2.79. The van der Waals surface area contributed by atoms with Crippen LogP contribution in [0.3, 0.4) is 0 Å². The van der Waals surface area contributed by atoms with E-state index in [1.54, 1.807) is 12.3 Å². The normalized spacial score (nSPS) is 21.7. The molecule has 0 spiro atoms. The van der Waals surface area contributed by atoms with Crippen LogP contribution in [0.4, 0.5) is 0 Å². The lowest BCUT2D eigenvalue weighted by molar-refractivity contribution is -0.146. The lowest BCUT2D eigenvalue weighted by Gasteiger charge is -2.25. The molecule has 0 bridgehead atoms. The molecular formula is C15H18O4. The van der Waals surface area contributed by atoms with Crippen LogP contribution >= 0.6 is 0 Å². The van der Waals surface area contributed by atoms with Gasteiger partial charge in [0.15, 0.2) is 0 Å². The largest absolute Gasteiger partial charge is 0.496 e. The van der Waals surface area contributed by atoms with Gasteiger partial charge in [-0.1, -0.05) is 30.3 Å². The van der Waals surface area contributed by atoms with Crippen LogP contribution in [0.15, 0.2) is 42.7 Å². The van der Waals surface area contributed by atoms with E-state index in [-0.39, 0.29) is 18.2 Å². The lowest BCUT2D eigenvalue weighted by atomic mass is 10.1. The monoisotopic (exact) mass is 262 g/mol. The zero-order valence-electron chi connectivity index (χ0n) is 11.0. The van der Waals surface area contributed by atoms with Crippen LogP contribution < -0.4 is 0 Å². The van der Waals surface area contributed by atoms with Crippen molar-refractivity contribution in [2.24, 2.45) is 0 Å². The smallest absolute Gasteiger partial charge is 0.303 e. The molecule has 1 aliphatic heterocycles. The molecule has 4 nitrogen and oxygen atoms in total. The number of rotatable bonds is 5. The van der Waals surface area contributed by atoms with Gasteiger partial charge in [0.2, 0.25) is 0 Å². The average Bonchev–Trinajstić information content (AvgIpc) is 2.40. The fourth-order valence-corrected chi connectivity index (χ4v) is 1.93. The van der Waals surface area contributed by atoms with Gasteiger partial charge in [-0.3, -0.25) is 4.79 Å². The SMILES string of the molecule is CC(=O)O[C@@H]1C=CO[C@H](COCc2ccccc2)C1. The summed E-state index contributed by atoms with van der Waals surface area (Å²) in [5.74, 6) is -0.277. The van der Waals surface area contributed by atoms with Crippen molar-refractivity contribution in [3.63, 3.8) is 0 Å². The zero-order valence-corrected chi connectivity index (χ0v) is 11.0. The van der Waals surface area contributed by atoms with Gasteiger partial charge >= 0.3 is 5.97 Å². The first-order valence-electron chi connectivity index (χ1n) is 6.35. The molecule has 1 aromatic carbocycles. The molecule has 0 radical (unpaired) electrons. The maximum absolute atomic E-state index is 10.9. The van der Waals surface area contributed by atoms with Crippen molar-refractivity contribution in [3.05, 3.63) is 48.2 Å². The first-order valence-corrected chi connectivity index (χ1v) is 6.35. The second kappa shape index (κ2) is 6.95. The predicted octanol–water partition coefficient (Wildman–Crippen LogP) is 2.44. The third-order valence-electron chi connectivity index (χ3n) is 2.79. The summed E-state index contributed by atoms with van der Waals surface area (Å²) in [5.41, 5.74) is 1.13. The second-order valence-electron chi connectivity index (χ2n) is 4.47. The minimum Gasteiger partial charge on any atom is -0.496 e. The van der Waals surface area contributed by atoms with Crippen molar-refractivity contribution in [1.29, 1.82) is 0 Å². The Morgan fingerprint density at radius 2 is 2.16 bits per heavy atom. The van der Waals surface area contributed by atoms with Crippen LogP contribution in [0.1, 0.15) is 18.9 Å². The molecule has 19 heavy (non-hydrogen) atoms. The molecule has 1 heterocycles. The molecular weight excluding hydrogens is 244 g/mol. The first-order chi connectivity index (χ1) is 9.24. The summed E-state index contributed by atoms with van der Waals surface area (Å²) in [6, 6.07) is 9.97. The van der Waals surface area contributed by atoms with E-state index >= 15 is 0 Å². The van der Waals surface area contributed by atoms with E-state index < -0.39 is 0 Å².